The molecule has 4 rings (SSSR count). The molecule has 0 bridgehead atoms. The number of nitrogens with zero attached hydrogens (tertiary/aromatic N) is 1. The van der Waals surface area contributed by atoms with Crippen LogP contribution in [0.25, 0.3) is 0 Å². The maximum absolute atomic E-state index is 14.0. The summed E-state index contributed by atoms with van der Waals surface area (Å²) in [7, 11) is 1.57. The Bertz CT molecular complexity index is 1150. The van der Waals surface area contributed by atoms with E-state index < -0.39 is 23.3 Å². The quantitative estimate of drug-likeness (QED) is 0.512. The molecule has 32 heavy (non-hydrogen) atoms. The summed E-state index contributed by atoms with van der Waals surface area (Å²) in [6.07, 6.45) is -1.59. The molecule has 0 saturated carbocycles. The Kier molecular flexibility index (Phi) is 6.04. The van der Waals surface area contributed by atoms with Crippen molar-refractivity contribution in [3.05, 3.63) is 88.4 Å². The number of methoxy groups -OCH3 is 1. The molecule has 2 N–H and O–H groups in total. The van der Waals surface area contributed by atoms with Gasteiger partial charge in [0, 0.05) is 15.7 Å². The van der Waals surface area contributed by atoms with Crippen molar-refractivity contribution in [3.63, 3.8) is 0 Å². The molecule has 6 nitrogen and oxygen atoms in total. The van der Waals surface area contributed by atoms with Crippen molar-refractivity contribution >= 4 is 39.0 Å². The zero-order chi connectivity index (χ0) is 22.9. The van der Waals surface area contributed by atoms with Crippen LogP contribution in [0.4, 0.5) is 11.4 Å². The van der Waals surface area contributed by atoms with Gasteiger partial charge in [0.15, 0.2) is 11.3 Å². The largest absolute Gasteiger partial charge is 0.497 e. The van der Waals surface area contributed by atoms with Gasteiger partial charge in [-0.05, 0) is 55.0 Å². The molecule has 1 heterocycles. The maximum atomic E-state index is 14.0. The third-order valence-electron chi connectivity index (χ3n) is 5.67. The lowest BCUT2D eigenvalue weighted by Crippen LogP contribution is -2.56. The van der Waals surface area contributed by atoms with Crippen LogP contribution in [0.15, 0.2) is 77.3 Å². The van der Waals surface area contributed by atoms with Crippen molar-refractivity contribution in [1.82, 2.24) is 0 Å². The van der Waals surface area contributed by atoms with E-state index in [0.717, 1.165) is 10.0 Å². The van der Waals surface area contributed by atoms with Gasteiger partial charge in [-0.15, -0.1) is 0 Å². The highest BCUT2D eigenvalue weighted by molar-refractivity contribution is 9.10. The average Bonchev–Trinajstić information content (AvgIpc) is 3.02. The fourth-order valence-electron chi connectivity index (χ4n) is 4.08. The highest BCUT2D eigenvalue weighted by Crippen LogP contribution is 2.46. The molecule has 2 atom stereocenters. The van der Waals surface area contributed by atoms with Gasteiger partial charge < -0.3 is 20.1 Å². The number of carbonyl (C=O) groups excluding carboxylic acids is 2. The van der Waals surface area contributed by atoms with Crippen LogP contribution >= 0.6 is 15.9 Å². The summed E-state index contributed by atoms with van der Waals surface area (Å²) in [4.78, 5) is 28.0. The third-order valence-corrected chi connectivity index (χ3v) is 6.16. The van der Waals surface area contributed by atoms with E-state index in [4.69, 9.17) is 4.74 Å². The summed E-state index contributed by atoms with van der Waals surface area (Å²) in [6.45, 7) is 1.60. The van der Waals surface area contributed by atoms with Crippen LogP contribution in [-0.2, 0) is 21.7 Å². The number of aliphatic hydroxyl groups excluding tert-OH is 1. The second-order valence-corrected chi connectivity index (χ2v) is 8.63. The van der Waals surface area contributed by atoms with Gasteiger partial charge in [-0.3, -0.25) is 9.59 Å². The van der Waals surface area contributed by atoms with Crippen LogP contribution in [0.1, 0.15) is 18.1 Å². The topological polar surface area (TPSA) is 78.9 Å². The molecule has 1 aliphatic heterocycles. The third kappa shape index (κ3) is 3.78. The molecule has 0 spiro atoms. The monoisotopic (exact) mass is 494 g/mol. The van der Waals surface area contributed by atoms with Gasteiger partial charge in [-0.1, -0.05) is 46.3 Å². The Morgan fingerprint density at radius 3 is 2.44 bits per heavy atom. The lowest BCUT2D eigenvalue weighted by atomic mass is 9.83. The number of halogens is 1. The van der Waals surface area contributed by atoms with Crippen molar-refractivity contribution in [3.8, 4) is 5.75 Å². The molecule has 0 fully saturated rings. The minimum Gasteiger partial charge on any atom is -0.497 e. The molecule has 1 amide bonds. The van der Waals surface area contributed by atoms with Crippen LogP contribution in [0.2, 0.25) is 0 Å². The Morgan fingerprint density at radius 1 is 1.12 bits per heavy atom. The minimum absolute atomic E-state index is 0.310. The first-order valence-electron chi connectivity index (χ1n) is 10.1. The second-order valence-electron chi connectivity index (χ2n) is 7.71. The molecule has 0 saturated heterocycles. The van der Waals surface area contributed by atoms with E-state index in [1.54, 1.807) is 42.3 Å². The molecule has 3 aromatic rings. The van der Waals surface area contributed by atoms with Gasteiger partial charge in [0.1, 0.15) is 11.9 Å². The standard InChI is InChI=1S/C25H23BrN2O4/c1-16(29)23(30)25(27-19-9-11-20(32-2)12-10-19)21-14-18(26)8-13-22(21)28(24(25)31)15-17-6-4-3-5-7-17/h3-14,23,27,30H,15H2,1-2H3/t23-,25-/m0/s1. The number of Topliss-reactive ketones (excluding diaryl/α,β-unsaturated/α-hetero) is 1. The smallest absolute Gasteiger partial charge is 0.260 e. The molecule has 0 aliphatic carbocycles. The molecule has 3 aromatic carbocycles. The number of rotatable bonds is 7. The lowest BCUT2D eigenvalue weighted by molar-refractivity contribution is -0.136. The normalized spacial score (nSPS) is 18.2. The number of carbonyl (C=O) groups is 2. The van der Waals surface area contributed by atoms with Crippen molar-refractivity contribution < 1.29 is 19.4 Å². The molecule has 1 aliphatic rings. The van der Waals surface area contributed by atoms with Crippen LogP contribution in [0, 0.1) is 0 Å². The number of amides is 1. The van der Waals surface area contributed by atoms with Gasteiger partial charge in [0.25, 0.3) is 5.91 Å². The first kappa shape index (κ1) is 22.0. The predicted molar refractivity (Wildman–Crippen MR) is 127 cm³/mol. The Labute approximate surface area is 195 Å². The van der Waals surface area contributed by atoms with Crippen LogP contribution in [0.5, 0.6) is 5.75 Å². The summed E-state index contributed by atoms with van der Waals surface area (Å²) >= 11 is 3.47. The number of ketones is 1. The molecular formula is C25H23BrN2O4. The van der Waals surface area contributed by atoms with Crippen molar-refractivity contribution in [2.24, 2.45) is 0 Å². The zero-order valence-electron chi connectivity index (χ0n) is 17.7. The summed E-state index contributed by atoms with van der Waals surface area (Å²) in [5, 5.41) is 14.3. The fraction of sp³-hybridized carbons (Fsp3) is 0.200. The van der Waals surface area contributed by atoms with E-state index >= 15 is 0 Å². The van der Waals surface area contributed by atoms with Gasteiger partial charge in [-0.25, -0.2) is 0 Å². The van der Waals surface area contributed by atoms with Gasteiger partial charge in [-0.2, -0.15) is 0 Å². The molecule has 0 unspecified atom stereocenters. The van der Waals surface area contributed by atoms with Crippen molar-refractivity contribution in [2.45, 2.75) is 25.1 Å². The molecular weight excluding hydrogens is 472 g/mol. The molecule has 7 heteroatoms. The van der Waals surface area contributed by atoms with Gasteiger partial charge >= 0.3 is 0 Å². The van der Waals surface area contributed by atoms with Crippen molar-refractivity contribution in [1.29, 1.82) is 0 Å². The van der Waals surface area contributed by atoms with E-state index in [0.29, 0.717) is 29.2 Å². The lowest BCUT2D eigenvalue weighted by Gasteiger charge is -2.34. The summed E-state index contributed by atoms with van der Waals surface area (Å²) in [5.74, 6) is -0.247. The predicted octanol–water partition coefficient (Wildman–Crippen LogP) is 4.26. The Hall–Kier alpha value is -3.16. The molecule has 0 aromatic heterocycles. The van der Waals surface area contributed by atoms with E-state index in [-0.39, 0.29) is 0 Å². The molecule has 0 radical (unpaired) electrons. The summed E-state index contributed by atoms with van der Waals surface area (Å²) in [6, 6.07) is 22.0. The van der Waals surface area contributed by atoms with Crippen LogP contribution in [0.3, 0.4) is 0 Å². The highest BCUT2D eigenvalue weighted by Gasteiger charge is 2.57. The first-order valence-corrected chi connectivity index (χ1v) is 10.9. The minimum atomic E-state index is -1.67. The van der Waals surface area contributed by atoms with E-state index in [1.807, 2.05) is 42.5 Å². The SMILES string of the molecule is COc1ccc(N[C@@]2([C@@H](O)C(C)=O)C(=O)N(Cc3ccccc3)c3ccc(Br)cc32)cc1. The number of benzene rings is 3. The zero-order valence-corrected chi connectivity index (χ0v) is 19.3. The van der Waals surface area contributed by atoms with Crippen LogP contribution in [-0.4, -0.2) is 30.0 Å². The van der Waals surface area contributed by atoms with Gasteiger partial charge in [0.2, 0.25) is 0 Å². The Balaban J connectivity index is 1.86. The maximum Gasteiger partial charge on any atom is 0.260 e. The van der Waals surface area contributed by atoms with E-state index in [2.05, 4.69) is 21.2 Å². The number of nitrogens with one attached hydrogen (secondary N) is 1. The number of aliphatic hydroxyl groups is 1. The first-order chi connectivity index (χ1) is 15.4. The number of ether oxygens (including phenoxy) is 1. The number of fused-ring (bicyclic) bond motifs is 1. The fourth-order valence-corrected chi connectivity index (χ4v) is 4.44. The number of anilines is 2. The summed E-state index contributed by atoms with van der Waals surface area (Å²) in [5.41, 5.74) is 1.02. The number of hydrogen-bond acceptors (Lipinski definition) is 5. The average molecular weight is 495 g/mol. The van der Waals surface area contributed by atoms with Crippen LogP contribution < -0.4 is 15.0 Å². The molecule has 164 valence electrons. The van der Waals surface area contributed by atoms with Crippen molar-refractivity contribution in [2.75, 3.05) is 17.3 Å². The second kappa shape index (κ2) is 8.76. The van der Waals surface area contributed by atoms with Gasteiger partial charge in [0.05, 0.1) is 19.3 Å². The Morgan fingerprint density at radius 2 is 1.81 bits per heavy atom. The van der Waals surface area contributed by atoms with E-state index in [9.17, 15) is 14.7 Å². The summed E-state index contributed by atoms with van der Waals surface area (Å²) < 4.78 is 5.95. The van der Waals surface area contributed by atoms with E-state index in [1.165, 1.54) is 6.92 Å². The number of hydrogen-bond donors (Lipinski definition) is 2. The highest BCUT2D eigenvalue weighted by atomic mass is 79.9.